The molecule has 2 heterocycles. The van der Waals surface area contributed by atoms with E-state index in [9.17, 15) is 0 Å². The van der Waals surface area contributed by atoms with Crippen molar-refractivity contribution in [2.45, 2.75) is 39.3 Å². The van der Waals surface area contributed by atoms with Crippen LogP contribution < -0.4 is 0 Å². The summed E-state index contributed by atoms with van der Waals surface area (Å²) >= 11 is 6.63. The summed E-state index contributed by atoms with van der Waals surface area (Å²) in [5, 5.41) is 2.19. The van der Waals surface area contributed by atoms with E-state index < -0.39 is 0 Å². The lowest BCUT2D eigenvalue weighted by atomic mass is 9.97. The fourth-order valence-electron chi connectivity index (χ4n) is 4.12. The minimum atomic E-state index is 0.436. The second-order valence-corrected chi connectivity index (χ2v) is 7.70. The maximum absolute atomic E-state index is 6.63. The zero-order valence-electron chi connectivity index (χ0n) is 15.2. The largest absolute Gasteiger partial charge is 0.343 e. The Bertz CT molecular complexity index is 908. The molecule has 3 aromatic rings. The maximum Gasteiger partial charge on any atom is 0.0675 e. The normalized spacial score (nSPS) is 17.8. The van der Waals surface area contributed by atoms with E-state index in [0.29, 0.717) is 6.04 Å². The third-order valence-electron chi connectivity index (χ3n) is 5.71. The molecule has 2 aromatic carbocycles. The molecule has 130 valence electrons. The molecule has 0 radical (unpaired) electrons. The van der Waals surface area contributed by atoms with Crippen molar-refractivity contribution in [3.63, 3.8) is 0 Å². The van der Waals surface area contributed by atoms with Crippen molar-refractivity contribution in [1.82, 2.24) is 9.47 Å². The van der Waals surface area contributed by atoms with Crippen molar-refractivity contribution in [2.24, 2.45) is 0 Å². The van der Waals surface area contributed by atoms with Gasteiger partial charge in [0.15, 0.2) is 0 Å². The summed E-state index contributed by atoms with van der Waals surface area (Å²) < 4.78 is 2.48. The Labute approximate surface area is 155 Å². The Balaban J connectivity index is 1.79. The van der Waals surface area contributed by atoms with Gasteiger partial charge in [0.2, 0.25) is 0 Å². The van der Waals surface area contributed by atoms with Crippen LogP contribution in [-0.2, 0) is 19.4 Å². The van der Waals surface area contributed by atoms with Crippen molar-refractivity contribution >= 4 is 22.5 Å². The first-order chi connectivity index (χ1) is 12.1. The molecule has 1 atom stereocenters. The number of fused-ring (bicyclic) bond motifs is 3. The molecule has 0 amide bonds. The molecule has 2 nitrogen and oxygen atoms in total. The highest BCUT2D eigenvalue weighted by Gasteiger charge is 2.28. The minimum Gasteiger partial charge on any atom is -0.343 e. The molecule has 4 rings (SSSR count). The smallest absolute Gasteiger partial charge is 0.0675 e. The van der Waals surface area contributed by atoms with Crippen molar-refractivity contribution in [2.75, 3.05) is 13.6 Å². The number of nitrogens with zero attached hydrogens (tertiary/aromatic N) is 2. The lowest BCUT2D eigenvalue weighted by molar-refractivity contribution is 0.245. The zero-order chi connectivity index (χ0) is 17.6. The molecule has 0 bridgehead atoms. The maximum atomic E-state index is 6.63. The van der Waals surface area contributed by atoms with Crippen molar-refractivity contribution in [1.29, 1.82) is 0 Å². The summed E-state index contributed by atoms with van der Waals surface area (Å²) in [7, 11) is 2.22. The predicted molar refractivity (Wildman–Crippen MR) is 107 cm³/mol. The van der Waals surface area contributed by atoms with Crippen LogP contribution in [0.1, 0.15) is 35.3 Å². The van der Waals surface area contributed by atoms with Gasteiger partial charge >= 0.3 is 0 Å². The first-order valence-corrected chi connectivity index (χ1v) is 9.49. The Morgan fingerprint density at radius 2 is 1.88 bits per heavy atom. The van der Waals surface area contributed by atoms with E-state index >= 15 is 0 Å². The molecule has 25 heavy (non-hydrogen) atoms. The predicted octanol–water partition coefficient (Wildman–Crippen LogP) is 5.39. The molecule has 1 aliphatic heterocycles. The summed E-state index contributed by atoms with van der Waals surface area (Å²) in [6.07, 6.45) is 2.13. The van der Waals surface area contributed by atoms with E-state index in [1.54, 1.807) is 0 Å². The van der Waals surface area contributed by atoms with Crippen molar-refractivity contribution in [3.8, 4) is 0 Å². The molecule has 0 spiro atoms. The van der Waals surface area contributed by atoms with Crippen LogP contribution in [0.25, 0.3) is 10.9 Å². The highest BCUT2D eigenvalue weighted by Crippen LogP contribution is 2.39. The highest BCUT2D eigenvalue weighted by molar-refractivity contribution is 6.35. The average Bonchev–Trinajstić information content (AvgIpc) is 2.93. The second kappa shape index (κ2) is 6.51. The van der Waals surface area contributed by atoms with E-state index in [0.717, 1.165) is 31.0 Å². The summed E-state index contributed by atoms with van der Waals surface area (Å²) in [6.45, 7) is 6.53. The number of hydrogen-bond donors (Lipinski definition) is 0. The lowest BCUT2D eigenvalue weighted by Crippen LogP contribution is -2.31. The molecular formula is C22H25ClN2. The summed E-state index contributed by atoms with van der Waals surface area (Å²) in [4.78, 5) is 2.44. The standard InChI is InChI=1S/C22H25ClN2/c1-15-7-9-17(10-8-15)11-14-25-20-12-13-24(3)16(2)21(20)18-5-4-6-19(23)22(18)25/h4-10,16H,11-14H2,1-3H3. The van der Waals surface area contributed by atoms with Crippen LogP contribution in [0.3, 0.4) is 0 Å². The number of para-hydroxylation sites is 1. The van der Waals surface area contributed by atoms with Gasteiger partial charge in [0.25, 0.3) is 0 Å². The van der Waals surface area contributed by atoms with Gasteiger partial charge in [-0.3, -0.25) is 4.90 Å². The molecule has 0 aliphatic carbocycles. The number of aryl methyl sites for hydroxylation is 3. The molecule has 3 heteroatoms. The number of halogens is 1. The van der Waals surface area contributed by atoms with Crippen LogP contribution in [0, 0.1) is 6.92 Å². The van der Waals surface area contributed by atoms with E-state index in [2.05, 4.69) is 66.8 Å². The van der Waals surface area contributed by atoms with E-state index in [1.807, 2.05) is 6.07 Å². The highest BCUT2D eigenvalue weighted by atomic mass is 35.5. The van der Waals surface area contributed by atoms with Gasteiger partial charge in [-0.05, 0) is 44.5 Å². The summed E-state index contributed by atoms with van der Waals surface area (Å²) in [5.74, 6) is 0. The van der Waals surface area contributed by atoms with Crippen molar-refractivity contribution < 1.29 is 0 Å². The zero-order valence-corrected chi connectivity index (χ0v) is 16.0. The topological polar surface area (TPSA) is 8.17 Å². The Morgan fingerprint density at radius 3 is 2.64 bits per heavy atom. The fourth-order valence-corrected chi connectivity index (χ4v) is 4.39. The van der Waals surface area contributed by atoms with E-state index in [1.165, 1.54) is 33.3 Å². The lowest BCUT2D eigenvalue weighted by Gasteiger charge is -2.31. The summed E-state index contributed by atoms with van der Waals surface area (Å²) in [5.41, 5.74) is 6.85. The van der Waals surface area contributed by atoms with Gasteiger partial charge in [-0.25, -0.2) is 0 Å². The van der Waals surface area contributed by atoms with Crippen LogP contribution in [-0.4, -0.2) is 23.1 Å². The molecule has 0 saturated carbocycles. The van der Waals surface area contributed by atoms with E-state index in [-0.39, 0.29) is 0 Å². The van der Waals surface area contributed by atoms with Crippen LogP contribution in [0.4, 0.5) is 0 Å². The molecule has 1 aliphatic rings. The molecule has 0 fully saturated rings. The van der Waals surface area contributed by atoms with Gasteiger partial charge < -0.3 is 4.57 Å². The van der Waals surface area contributed by atoms with Gasteiger partial charge in [0, 0.05) is 36.6 Å². The molecule has 1 aromatic heterocycles. The van der Waals surface area contributed by atoms with Gasteiger partial charge in [-0.2, -0.15) is 0 Å². The first-order valence-electron chi connectivity index (χ1n) is 9.11. The number of aromatic nitrogens is 1. The Kier molecular flexibility index (Phi) is 4.35. The number of hydrogen-bond acceptors (Lipinski definition) is 1. The van der Waals surface area contributed by atoms with Crippen LogP contribution in [0.5, 0.6) is 0 Å². The van der Waals surface area contributed by atoms with Gasteiger partial charge in [-0.1, -0.05) is 53.6 Å². The molecule has 0 N–H and O–H groups in total. The van der Waals surface area contributed by atoms with Crippen LogP contribution in [0.15, 0.2) is 42.5 Å². The Hall–Kier alpha value is -1.77. The van der Waals surface area contributed by atoms with Crippen LogP contribution >= 0.6 is 11.6 Å². The third kappa shape index (κ3) is 2.88. The second-order valence-electron chi connectivity index (χ2n) is 7.29. The minimum absolute atomic E-state index is 0.436. The monoisotopic (exact) mass is 352 g/mol. The van der Waals surface area contributed by atoms with Crippen molar-refractivity contribution in [3.05, 3.63) is 69.9 Å². The number of rotatable bonds is 3. The third-order valence-corrected chi connectivity index (χ3v) is 6.01. The average molecular weight is 353 g/mol. The fraction of sp³-hybridized carbons (Fsp3) is 0.364. The Morgan fingerprint density at radius 1 is 1.12 bits per heavy atom. The van der Waals surface area contributed by atoms with E-state index in [4.69, 9.17) is 11.6 Å². The molecular weight excluding hydrogens is 328 g/mol. The molecule has 1 unspecified atom stereocenters. The number of benzene rings is 2. The van der Waals surface area contributed by atoms with Gasteiger partial charge in [0.05, 0.1) is 10.5 Å². The number of likely N-dealkylation sites (N-methyl/N-ethyl adjacent to an activating group) is 1. The molecule has 0 saturated heterocycles. The SMILES string of the molecule is Cc1ccc(CCn2c3c(c4cccc(Cl)c42)C(C)N(C)CC3)cc1. The summed E-state index contributed by atoms with van der Waals surface area (Å²) in [6, 6.07) is 15.6. The quantitative estimate of drug-likeness (QED) is 0.613. The van der Waals surface area contributed by atoms with Gasteiger partial charge in [-0.15, -0.1) is 0 Å². The van der Waals surface area contributed by atoms with Gasteiger partial charge in [0.1, 0.15) is 0 Å². The van der Waals surface area contributed by atoms with Crippen LogP contribution in [0.2, 0.25) is 5.02 Å². The first kappa shape index (κ1) is 16.7.